The van der Waals surface area contributed by atoms with Gasteiger partial charge in [0.2, 0.25) is 0 Å². The number of carbonyl (C=O) groups excluding carboxylic acids is 2. The lowest BCUT2D eigenvalue weighted by atomic mass is 9.85. The van der Waals surface area contributed by atoms with Crippen LogP contribution in [0.25, 0.3) is 0 Å². The first kappa shape index (κ1) is 31.3. The Morgan fingerprint density at radius 1 is 0.571 bits per heavy atom. The van der Waals surface area contributed by atoms with Crippen molar-refractivity contribution in [2.24, 2.45) is 11.8 Å². The van der Waals surface area contributed by atoms with E-state index in [2.05, 4.69) is 45.7 Å². The first-order valence-corrected chi connectivity index (χ1v) is 15.0. The third kappa shape index (κ3) is 8.23. The number of ether oxygens (including phenoxy) is 4. The molecule has 2 atom stereocenters. The Labute approximate surface area is 263 Å². The number of hydrogen-bond donors (Lipinski definition) is 0. The van der Waals surface area contributed by atoms with Crippen LogP contribution in [0.4, 0.5) is 0 Å². The monoisotopic (exact) mass is 694 g/mol. The lowest BCUT2D eigenvalue weighted by Gasteiger charge is -2.21. The van der Waals surface area contributed by atoms with Crippen molar-refractivity contribution in [3.8, 4) is 23.0 Å². The number of carbonyl (C=O) groups is 2. The van der Waals surface area contributed by atoms with E-state index < -0.39 is 11.9 Å². The van der Waals surface area contributed by atoms with Crippen LogP contribution in [0.1, 0.15) is 45.7 Å². The summed E-state index contributed by atoms with van der Waals surface area (Å²) in [6.07, 6.45) is 1.64. The van der Waals surface area contributed by atoms with Gasteiger partial charge in [0.15, 0.2) is 23.0 Å². The largest absolute Gasteiger partial charge is 0.493 e. The minimum Gasteiger partial charge on any atom is -0.493 e. The van der Waals surface area contributed by atoms with Crippen molar-refractivity contribution in [3.63, 3.8) is 0 Å². The molecular formula is C34H32Br2O6. The summed E-state index contributed by atoms with van der Waals surface area (Å²) in [5.74, 6) is 1.57. The van der Waals surface area contributed by atoms with Crippen LogP contribution in [0.2, 0.25) is 0 Å². The van der Waals surface area contributed by atoms with E-state index in [4.69, 9.17) is 18.9 Å². The molecule has 0 unspecified atom stereocenters. The molecule has 0 spiro atoms. The second-order valence-corrected chi connectivity index (χ2v) is 12.0. The predicted octanol–water partition coefficient (Wildman–Crippen LogP) is 8.72. The van der Waals surface area contributed by atoms with E-state index in [1.54, 1.807) is 74.9 Å². The fourth-order valence-corrected chi connectivity index (χ4v) is 5.01. The number of rotatable bonds is 11. The molecule has 6 nitrogen and oxygen atoms in total. The maximum Gasteiger partial charge on any atom is 0.343 e. The third-order valence-corrected chi connectivity index (χ3v) is 8.17. The quantitative estimate of drug-likeness (QED) is 0.115. The Balaban J connectivity index is 1.38. The summed E-state index contributed by atoms with van der Waals surface area (Å²) < 4.78 is 24.1. The summed E-state index contributed by atoms with van der Waals surface area (Å²) in [6, 6.07) is 25.3. The van der Waals surface area contributed by atoms with Crippen molar-refractivity contribution >= 4 is 43.8 Å². The molecule has 0 fully saturated rings. The van der Waals surface area contributed by atoms with Crippen LogP contribution in [0.5, 0.6) is 23.0 Å². The standard InChI is InChI=1S/C34H32Br2O6/c1-21(17-23-5-15-29(31(19-23)39-3)41-33(37)25-7-11-27(35)12-8-25)22(2)18-24-6-16-30(32(20-24)40-4)42-34(38)26-9-13-28(36)14-10-26/h5-16,19-22H,17-18H2,1-4H3/t21-,22+. The van der Waals surface area contributed by atoms with Gasteiger partial charge < -0.3 is 18.9 Å². The van der Waals surface area contributed by atoms with Crippen molar-refractivity contribution in [2.45, 2.75) is 26.7 Å². The average molecular weight is 696 g/mol. The zero-order valence-electron chi connectivity index (χ0n) is 23.9. The second kappa shape index (κ2) is 14.5. The first-order chi connectivity index (χ1) is 20.2. The molecule has 0 saturated heterocycles. The molecule has 4 aromatic carbocycles. The number of methoxy groups -OCH3 is 2. The number of benzene rings is 4. The Hall–Kier alpha value is -3.62. The topological polar surface area (TPSA) is 71.1 Å². The van der Waals surface area contributed by atoms with Gasteiger partial charge in [-0.25, -0.2) is 9.59 Å². The summed E-state index contributed by atoms with van der Waals surface area (Å²) in [7, 11) is 3.13. The van der Waals surface area contributed by atoms with E-state index in [1.165, 1.54) is 0 Å². The van der Waals surface area contributed by atoms with Gasteiger partial charge in [0.05, 0.1) is 25.3 Å². The van der Waals surface area contributed by atoms with Gasteiger partial charge in [0, 0.05) is 8.95 Å². The minimum absolute atomic E-state index is 0.340. The molecule has 0 amide bonds. The van der Waals surface area contributed by atoms with Gasteiger partial charge in [-0.1, -0.05) is 57.8 Å². The maximum atomic E-state index is 12.6. The zero-order chi connectivity index (χ0) is 30.2. The Bertz CT molecular complexity index is 1420. The molecule has 0 heterocycles. The molecule has 42 heavy (non-hydrogen) atoms. The van der Waals surface area contributed by atoms with Crippen molar-refractivity contribution in [1.29, 1.82) is 0 Å². The first-order valence-electron chi connectivity index (χ1n) is 13.5. The SMILES string of the molecule is COc1cc(C[C@@H](C)[C@@H](C)Cc2ccc(OC(=O)c3ccc(Br)cc3)c(OC)c2)ccc1OC(=O)c1ccc(Br)cc1. The maximum absolute atomic E-state index is 12.6. The highest BCUT2D eigenvalue weighted by molar-refractivity contribution is 9.10. The van der Waals surface area contributed by atoms with E-state index in [9.17, 15) is 9.59 Å². The highest BCUT2D eigenvalue weighted by atomic mass is 79.9. The second-order valence-electron chi connectivity index (χ2n) is 10.1. The highest BCUT2D eigenvalue weighted by Crippen LogP contribution is 2.33. The van der Waals surface area contributed by atoms with Crippen molar-refractivity contribution in [2.75, 3.05) is 14.2 Å². The van der Waals surface area contributed by atoms with Crippen LogP contribution >= 0.6 is 31.9 Å². The molecule has 0 bridgehead atoms. The summed E-state index contributed by atoms with van der Waals surface area (Å²) in [4.78, 5) is 25.2. The van der Waals surface area contributed by atoms with Gasteiger partial charge >= 0.3 is 11.9 Å². The van der Waals surface area contributed by atoms with Crippen LogP contribution in [0, 0.1) is 11.8 Å². The third-order valence-electron chi connectivity index (χ3n) is 7.11. The fourth-order valence-electron chi connectivity index (χ4n) is 4.48. The van der Waals surface area contributed by atoms with Crippen LogP contribution in [-0.4, -0.2) is 26.2 Å². The summed E-state index contributed by atoms with van der Waals surface area (Å²) in [5, 5.41) is 0. The Kier molecular flexibility index (Phi) is 10.8. The zero-order valence-corrected chi connectivity index (χ0v) is 27.0. The van der Waals surface area contributed by atoms with Gasteiger partial charge in [-0.05, 0) is 109 Å². The van der Waals surface area contributed by atoms with E-state index in [1.807, 2.05) is 24.3 Å². The Morgan fingerprint density at radius 3 is 1.26 bits per heavy atom. The molecule has 8 heteroatoms. The molecule has 4 aromatic rings. The van der Waals surface area contributed by atoms with Gasteiger partial charge in [0.1, 0.15) is 0 Å². The smallest absolute Gasteiger partial charge is 0.343 e. The average Bonchev–Trinajstić information content (AvgIpc) is 2.99. The van der Waals surface area contributed by atoms with Crippen LogP contribution in [-0.2, 0) is 12.8 Å². The highest BCUT2D eigenvalue weighted by Gasteiger charge is 2.19. The lowest BCUT2D eigenvalue weighted by Crippen LogP contribution is -2.14. The molecule has 0 radical (unpaired) electrons. The predicted molar refractivity (Wildman–Crippen MR) is 170 cm³/mol. The normalized spacial score (nSPS) is 12.2. The summed E-state index contributed by atoms with van der Waals surface area (Å²) in [5.41, 5.74) is 3.09. The number of esters is 2. The van der Waals surface area contributed by atoms with Gasteiger partial charge in [-0.3, -0.25) is 0 Å². The lowest BCUT2D eigenvalue weighted by molar-refractivity contribution is 0.0720. The molecular weight excluding hydrogens is 664 g/mol. The fraction of sp³-hybridized carbons (Fsp3) is 0.235. The van der Waals surface area contributed by atoms with Crippen LogP contribution < -0.4 is 18.9 Å². The van der Waals surface area contributed by atoms with Gasteiger partial charge in [0.25, 0.3) is 0 Å². The Morgan fingerprint density at radius 2 is 0.929 bits per heavy atom. The summed E-state index contributed by atoms with van der Waals surface area (Å²) >= 11 is 6.74. The van der Waals surface area contributed by atoms with Crippen molar-refractivity contribution in [1.82, 2.24) is 0 Å². The minimum atomic E-state index is -0.444. The van der Waals surface area contributed by atoms with Gasteiger partial charge in [-0.2, -0.15) is 0 Å². The summed E-state index contributed by atoms with van der Waals surface area (Å²) in [6.45, 7) is 4.43. The van der Waals surface area contributed by atoms with Gasteiger partial charge in [-0.15, -0.1) is 0 Å². The molecule has 0 aliphatic heterocycles. The van der Waals surface area contributed by atoms with E-state index >= 15 is 0 Å². The van der Waals surface area contributed by atoms with Crippen molar-refractivity contribution in [3.05, 3.63) is 116 Å². The molecule has 0 aromatic heterocycles. The van der Waals surface area contributed by atoms with E-state index in [-0.39, 0.29) is 0 Å². The molecule has 0 saturated carbocycles. The molecule has 0 N–H and O–H groups in total. The van der Waals surface area contributed by atoms with Crippen LogP contribution in [0.15, 0.2) is 93.9 Å². The van der Waals surface area contributed by atoms with Crippen LogP contribution in [0.3, 0.4) is 0 Å². The number of hydrogen-bond acceptors (Lipinski definition) is 6. The number of halogens is 2. The van der Waals surface area contributed by atoms with E-state index in [0.29, 0.717) is 46.0 Å². The van der Waals surface area contributed by atoms with Crippen molar-refractivity contribution < 1.29 is 28.5 Å². The molecule has 4 rings (SSSR count). The molecule has 0 aliphatic carbocycles. The molecule has 218 valence electrons. The van der Waals surface area contributed by atoms with E-state index in [0.717, 1.165) is 32.9 Å². The molecule has 0 aliphatic rings.